The summed E-state index contributed by atoms with van der Waals surface area (Å²) >= 11 is 0. The predicted octanol–water partition coefficient (Wildman–Crippen LogP) is 3.20. The Bertz CT molecular complexity index is 483. The maximum Gasteiger partial charge on any atom is 0.253 e. The van der Waals surface area contributed by atoms with Crippen molar-refractivity contribution in [3.63, 3.8) is 0 Å². The van der Waals surface area contributed by atoms with E-state index in [0.29, 0.717) is 5.56 Å². The van der Waals surface area contributed by atoms with Crippen molar-refractivity contribution in [1.82, 2.24) is 5.32 Å². The van der Waals surface area contributed by atoms with Gasteiger partial charge < -0.3 is 15.4 Å². The molecule has 21 heavy (non-hydrogen) atoms. The Morgan fingerprint density at radius 3 is 2.71 bits per heavy atom. The van der Waals surface area contributed by atoms with Gasteiger partial charge in [-0.1, -0.05) is 26.0 Å². The van der Waals surface area contributed by atoms with Crippen molar-refractivity contribution in [2.75, 3.05) is 19.0 Å². The minimum atomic E-state index is -0.0707. The molecule has 1 aliphatic rings. The first-order valence-electron chi connectivity index (χ1n) is 7.85. The summed E-state index contributed by atoms with van der Waals surface area (Å²) in [5.41, 5.74) is 1.49. The van der Waals surface area contributed by atoms with Gasteiger partial charge in [-0.3, -0.25) is 4.79 Å². The molecular weight excluding hydrogens is 264 g/mol. The molecule has 1 fully saturated rings. The van der Waals surface area contributed by atoms with Crippen LogP contribution in [0.3, 0.4) is 0 Å². The van der Waals surface area contributed by atoms with Crippen LogP contribution in [0.15, 0.2) is 24.3 Å². The van der Waals surface area contributed by atoms with Gasteiger partial charge >= 0.3 is 0 Å². The van der Waals surface area contributed by atoms with Crippen LogP contribution in [0.25, 0.3) is 0 Å². The van der Waals surface area contributed by atoms with Crippen LogP contribution in [0, 0.1) is 0 Å². The zero-order chi connectivity index (χ0) is 15.3. The molecule has 1 atom stereocenters. The summed E-state index contributed by atoms with van der Waals surface area (Å²) in [5, 5.41) is 6.24. The third kappa shape index (κ3) is 3.56. The third-order valence-corrected chi connectivity index (χ3v) is 4.56. The molecule has 1 heterocycles. The van der Waals surface area contributed by atoms with Gasteiger partial charge in [0.15, 0.2) is 0 Å². The molecule has 1 unspecified atom stereocenters. The minimum absolute atomic E-state index is 0.00652. The lowest BCUT2D eigenvalue weighted by atomic mass is 9.86. The number of carbonyl (C=O) groups is 1. The number of anilines is 1. The maximum atomic E-state index is 12.5. The average molecular weight is 290 g/mol. The lowest BCUT2D eigenvalue weighted by Gasteiger charge is -2.40. The highest BCUT2D eigenvalue weighted by molar-refractivity contribution is 5.99. The van der Waals surface area contributed by atoms with Gasteiger partial charge in [0.05, 0.1) is 11.2 Å². The summed E-state index contributed by atoms with van der Waals surface area (Å²) in [6.07, 6.45) is 3.76. The second kappa shape index (κ2) is 6.94. The normalized spacial score (nSPS) is 20.8. The van der Waals surface area contributed by atoms with E-state index in [9.17, 15) is 4.79 Å². The van der Waals surface area contributed by atoms with Crippen LogP contribution in [0.2, 0.25) is 0 Å². The summed E-state index contributed by atoms with van der Waals surface area (Å²) in [5.74, 6) is -0.00652. The van der Waals surface area contributed by atoms with E-state index < -0.39 is 0 Å². The molecule has 4 heteroatoms. The Labute approximate surface area is 127 Å². The van der Waals surface area contributed by atoms with Crippen molar-refractivity contribution in [3.05, 3.63) is 29.8 Å². The number of rotatable bonds is 5. The van der Waals surface area contributed by atoms with Crippen LogP contribution in [-0.2, 0) is 4.74 Å². The molecule has 2 N–H and O–H groups in total. The number of hydrogen-bond donors (Lipinski definition) is 2. The van der Waals surface area contributed by atoms with Crippen LogP contribution < -0.4 is 10.6 Å². The molecule has 1 aliphatic heterocycles. The first-order chi connectivity index (χ1) is 10.1. The zero-order valence-corrected chi connectivity index (χ0v) is 13.2. The number of para-hydroxylation sites is 1. The maximum absolute atomic E-state index is 12.5. The number of nitrogens with one attached hydrogen (secondary N) is 2. The topological polar surface area (TPSA) is 50.4 Å². The van der Waals surface area contributed by atoms with Gasteiger partial charge in [-0.05, 0) is 37.8 Å². The Balaban J connectivity index is 2.05. The van der Waals surface area contributed by atoms with Gasteiger partial charge in [0.2, 0.25) is 0 Å². The largest absolute Gasteiger partial charge is 0.387 e. The molecule has 0 saturated carbocycles. The fourth-order valence-electron chi connectivity index (χ4n) is 3.06. The molecule has 0 aromatic heterocycles. The smallest absolute Gasteiger partial charge is 0.253 e. The standard InChI is InChI=1S/C17H26N2O2/c1-4-17(5-2)12-13(10-11-21-17)19-16(20)14-8-6-7-9-15(14)18-3/h6-9,13,18H,4-5,10-12H2,1-3H3,(H,19,20). The van der Waals surface area contributed by atoms with Crippen LogP contribution in [-0.4, -0.2) is 31.2 Å². The van der Waals surface area contributed by atoms with Crippen molar-refractivity contribution < 1.29 is 9.53 Å². The number of hydrogen-bond acceptors (Lipinski definition) is 3. The average Bonchev–Trinajstić information content (AvgIpc) is 2.54. The van der Waals surface area contributed by atoms with Crippen LogP contribution >= 0.6 is 0 Å². The molecule has 116 valence electrons. The summed E-state index contributed by atoms with van der Waals surface area (Å²) in [6.45, 7) is 5.04. The molecule has 2 rings (SSSR count). The quantitative estimate of drug-likeness (QED) is 0.875. The van der Waals surface area contributed by atoms with Crippen molar-refractivity contribution in [2.24, 2.45) is 0 Å². The molecule has 0 bridgehead atoms. The monoisotopic (exact) mass is 290 g/mol. The Morgan fingerprint density at radius 2 is 2.05 bits per heavy atom. The first-order valence-corrected chi connectivity index (χ1v) is 7.85. The van der Waals surface area contributed by atoms with Gasteiger partial charge in [0.25, 0.3) is 5.91 Å². The van der Waals surface area contributed by atoms with E-state index in [-0.39, 0.29) is 17.6 Å². The van der Waals surface area contributed by atoms with Crippen molar-refractivity contribution in [3.8, 4) is 0 Å². The zero-order valence-electron chi connectivity index (χ0n) is 13.2. The fourth-order valence-corrected chi connectivity index (χ4v) is 3.06. The molecule has 0 spiro atoms. The van der Waals surface area contributed by atoms with Crippen molar-refractivity contribution in [2.45, 2.75) is 51.2 Å². The highest BCUT2D eigenvalue weighted by atomic mass is 16.5. The van der Waals surface area contributed by atoms with Gasteiger partial charge in [-0.15, -0.1) is 0 Å². The second-order valence-corrected chi connectivity index (χ2v) is 5.70. The third-order valence-electron chi connectivity index (χ3n) is 4.56. The SMILES string of the molecule is CCC1(CC)CC(NC(=O)c2ccccc2NC)CCO1. The molecule has 4 nitrogen and oxygen atoms in total. The molecule has 1 amide bonds. The van der Waals surface area contributed by atoms with Gasteiger partial charge in [0, 0.05) is 25.4 Å². The second-order valence-electron chi connectivity index (χ2n) is 5.70. The van der Waals surface area contributed by atoms with E-state index >= 15 is 0 Å². The van der Waals surface area contributed by atoms with Crippen LogP contribution in [0.1, 0.15) is 49.9 Å². The summed E-state index contributed by atoms with van der Waals surface area (Å²) in [7, 11) is 1.83. The lowest BCUT2D eigenvalue weighted by Crippen LogP contribution is -2.48. The summed E-state index contributed by atoms with van der Waals surface area (Å²) in [6, 6.07) is 7.78. The summed E-state index contributed by atoms with van der Waals surface area (Å²) in [4.78, 5) is 12.5. The molecule has 0 aliphatic carbocycles. The lowest BCUT2D eigenvalue weighted by molar-refractivity contribution is -0.0917. The van der Waals surface area contributed by atoms with E-state index in [1.807, 2.05) is 31.3 Å². The highest BCUT2D eigenvalue weighted by Gasteiger charge is 2.35. The highest BCUT2D eigenvalue weighted by Crippen LogP contribution is 2.31. The van der Waals surface area contributed by atoms with Gasteiger partial charge in [0.1, 0.15) is 0 Å². The number of benzene rings is 1. The van der Waals surface area contributed by atoms with Crippen molar-refractivity contribution in [1.29, 1.82) is 0 Å². The number of carbonyl (C=O) groups excluding carboxylic acids is 1. The molecule has 1 saturated heterocycles. The molecular formula is C17H26N2O2. The molecule has 1 aromatic carbocycles. The van der Waals surface area contributed by atoms with Gasteiger partial charge in [-0.25, -0.2) is 0 Å². The minimum Gasteiger partial charge on any atom is -0.387 e. The van der Waals surface area contributed by atoms with Crippen molar-refractivity contribution >= 4 is 11.6 Å². The van der Waals surface area contributed by atoms with E-state index in [1.165, 1.54) is 0 Å². The Morgan fingerprint density at radius 1 is 1.33 bits per heavy atom. The van der Waals surface area contributed by atoms with E-state index in [1.54, 1.807) is 0 Å². The number of amides is 1. The van der Waals surface area contributed by atoms with E-state index in [0.717, 1.165) is 38.0 Å². The number of ether oxygens (including phenoxy) is 1. The summed E-state index contributed by atoms with van der Waals surface area (Å²) < 4.78 is 5.96. The van der Waals surface area contributed by atoms with Crippen LogP contribution in [0.5, 0.6) is 0 Å². The van der Waals surface area contributed by atoms with E-state index in [4.69, 9.17) is 4.74 Å². The molecule has 0 radical (unpaired) electrons. The molecule has 1 aromatic rings. The first kappa shape index (κ1) is 15.8. The van der Waals surface area contributed by atoms with E-state index in [2.05, 4.69) is 24.5 Å². The Kier molecular flexibility index (Phi) is 5.23. The Hall–Kier alpha value is -1.55. The van der Waals surface area contributed by atoms with Gasteiger partial charge in [-0.2, -0.15) is 0 Å². The van der Waals surface area contributed by atoms with Crippen LogP contribution in [0.4, 0.5) is 5.69 Å². The predicted molar refractivity (Wildman–Crippen MR) is 85.7 cm³/mol. The fraction of sp³-hybridized carbons (Fsp3) is 0.588.